The summed E-state index contributed by atoms with van der Waals surface area (Å²) < 4.78 is 26.7. The second-order valence-electron chi connectivity index (χ2n) is 5.70. The maximum atomic E-state index is 12.1. The number of sulfonamides is 1. The van der Waals surface area contributed by atoms with Crippen molar-refractivity contribution in [3.05, 3.63) is 48.2 Å². The van der Waals surface area contributed by atoms with E-state index in [4.69, 9.17) is 5.73 Å². The lowest BCUT2D eigenvalue weighted by atomic mass is 10.2. The van der Waals surface area contributed by atoms with E-state index in [1.54, 1.807) is 12.1 Å². The summed E-state index contributed by atoms with van der Waals surface area (Å²) in [6.07, 6.45) is 1.45. The Labute approximate surface area is 153 Å². The van der Waals surface area contributed by atoms with Gasteiger partial charge in [-0.1, -0.05) is 13.8 Å². The predicted molar refractivity (Wildman–Crippen MR) is 100 cm³/mol. The topological polar surface area (TPSA) is 114 Å². The number of halogens is 1. The zero-order valence-corrected chi connectivity index (χ0v) is 15.5. The first-order valence-electron chi connectivity index (χ1n) is 7.40. The minimum absolute atomic E-state index is 0. The standard InChI is InChI=1S/C16H20N4O3S.ClH/c1-11(2)9-19-24(22,23)14-6-3-12(4-7-14)16(21)20-13-5-8-15(17)18-10-13;/h3-8,10-11,19H,9H2,1-2H3,(H2,17,18)(H,20,21);1H. The van der Waals surface area contributed by atoms with Crippen LogP contribution in [0, 0.1) is 5.92 Å². The van der Waals surface area contributed by atoms with Crippen molar-refractivity contribution in [2.75, 3.05) is 17.6 Å². The van der Waals surface area contributed by atoms with E-state index in [-0.39, 0.29) is 29.1 Å². The molecular weight excluding hydrogens is 364 g/mol. The van der Waals surface area contributed by atoms with Crippen LogP contribution in [0.2, 0.25) is 0 Å². The number of pyridine rings is 1. The van der Waals surface area contributed by atoms with Gasteiger partial charge in [0.1, 0.15) is 5.82 Å². The Balaban J connectivity index is 0.00000312. The fourth-order valence-electron chi connectivity index (χ4n) is 1.83. The van der Waals surface area contributed by atoms with Gasteiger partial charge in [-0.25, -0.2) is 18.1 Å². The quantitative estimate of drug-likeness (QED) is 0.706. The molecule has 0 saturated heterocycles. The Bertz CT molecular complexity index is 806. The molecule has 1 aromatic heterocycles. The zero-order chi connectivity index (χ0) is 17.7. The van der Waals surface area contributed by atoms with Gasteiger partial charge in [0.25, 0.3) is 5.91 Å². The molecule has 136 valence electrons. The first-order valence-corrected chi connectivity index (χ1v) is 8.89. The van der Waals surface area contributed by atoms with Crippen molar-refractivity contribution in [2.24, 2.45) is 5.92 Å². The molecule has 0 saturated carbocycles. The van der Waals surface area contributed by atoms with Crippen LogP contribution in [-0.2, 0) is 10.0 Å². The van der Waals surface area contributed by atoms with E-state index in [2.05, 4.69) is 15.0 Å². The monoisotopic (exact) mass is 384 g/mol. The summed E-state index contributed by atoms with van der Waals surface area (Å²) in [7, 11) is -3.57. The number of nitrogen functional groups attached to an aromatic ring is 1. The van der Waals surface area contributed by atoms with E-state index in [1.165, 1.54) is 30.5 Å². The van der Waals surface area contributed by atoms with E-state index in [0.717, 1.165) is 0 Å². The predicted octanol–water partition coefficient (Wildman–Crippen LogP) is 2.27. The third-order valence-corrected chi connectivity index (χ3v) is 4.59. The molecule has 0 fully saturated rings. The van der Waals surface area contributed by atoms with Gasteiger partial charge in [-0.2, -0.15) is 0 Å². The highest BCUT2D eigenvalue weighted by molar-refractivity contribution is 7.89. The van der Waals surface area contributed by atoms with Crippen LogP contribution in [0.15, 0.2) is 47.5 Å². The minimum Gasteiger partial charge on any atom is -0.384 e. The first kappa shape index (κ1) is 20.9. The molecule has 9 heteroatoms. The van der Waals surface area contributed by atoms with Gasteiger partial charge in [-0.15, -0.1) is 12.4 Å². The highest BCUT2D eigenvalue weighted by Gasteiger charge is 2.15. The van der Waals surface area contributed by atoms with Gasteiger partial charge >= 0.3 is 0 Å². The number of nitrogens with two attached hydrogens (primary N) is 1. The molecule has 0 aliphatic rings. The molecule has 1 heterocycles. The number of nitrogens with zero attached hydrogens (tertiary/aromatic N) is 1. The summed E-state index contributed by atoms with van der Waals surface area (Å²) >= 11 is 0. The molecule has 25 heavy (non-hydrogen) atoms. The molecule has 0 atom stereocenters. The number of rotatable bonds is 6. The minimum atomic E-state index is -3.57. The van der Waals surface area contributed by atoms with Crippen molar-refractivity contribution in [1.29, 1.82) is 0 Å². The van der Waals surface area contributed by atoms with Crippen molar-refractivity contribution in [3.8, 4) is 0 Å². The molecule has 2 aromatic rings. The Morgan fingerprint density at radius 1 is 1.16 bits per heavy atom. The van der Waals surface area contributed by atoms with Crippen LogP contribution < -0.4 is 15.8 Å². The lowest BCUT2D eigenvalue weighted by molar-refractivity contribution is 0.102. The van der Waals surface area contributed by atoms with Crippen molar-refractivity contribution < 1.29 is 13.2 Å². The SMILES string of the molecule is CC(C)CNS(=O)(=O)c1ccc(C(=O)Nc2ccc(N)nc2)cc1.Cl. The van der Waals surface area contributed by atoms with Crippen LogP contribution in [0.4, 0.5) is 11.5 Å². The van der Waals surface area contributed by atoms with Crippen LogP contribution in [0.3, 0.4) is 0 Å². The molecule has 4 N–H and O–H groups in total. The van der Waals surface area contributed by atoms with E-state index >= 15 is 0 Å². The number of carbonyl (C=O) groups excluding carboxylic acids is 1. The molecule has 1 amide bonds. The summed E-state index contributed by atoms with van der Waals surface area (Å²) in [6, 6.07) is 8.94. The van der Waals surface area contributed by atoms with E-state index in [0.29, 0.717) is 23.6 Å². The molecule has 0 spiro atoms. The molecule has 0 aliphatic carbocycles. The van der Waals surface area contributed by atoms with Crippen molar-refractivity contribution in [3.63, 3.8) is 0 Å². The molecule has 0 bridgehead atoms. The largest absolute Gasteiger partial charge is 0.384 e. The lowest BCUT2D eigenvalue weighted by Gasteiger charge is -2.09. The Hall–Kier alpha value is -2.16. The van der Waals surface area contributed by atoms with Gasteiger partial charge in [0.05, 0.1) is 16.8 Å². The van der Waals surface area contributed by atoms with Crippen LogP contribution in [0.1, 0.15) is 24.2 Å². The Morgan fingerprint density at radius 2 is 1.80 bits per heavy atom. The van der Waals surface area contributed by atoms with Crippen LogP contribution in [-0.4, -0.2) is 25.9 Å². The summed E-state index contributed by atoms with van der Waals surface area (Å²) in [6.45, 7) is 4.19. The zero-order valence-electron chi connectivity index (χ0n) is 13.9. The number of carbonyl (C=O) groups is 1. The van der Waals surface area contributed by atoms with Crippen LogP contribution in [0.25, 0.3) is 0 Å². The van der Waals surface area contributed by atoms with Crippen molar-refractivity contribution >= 4 is 39.8 Å². The molecule has 0 unspecified atom stereocenters. The lowest BCUT2D eigenvalue weighted by Crippen LogP contribution is -2.27. The van der Waals surface area contributed by atoms with Crippen LogP contribution >= 0.6 is 12.4 Å². The third kappa shape index (κ3) is 6.00. The summed E-state index contributed by atoms with van der Waals surface area (Å²) in [5.41, 5.74) is 6.33. The fraction of sp³-hybridized carbons (Fsp3) is 0.250. The average molecular weight is 385 g/mol. The molecule has 2 rings (SSSR count). The number of hydrogen-bond donors (Lipinski definition) is 3. The molecular formula is C16H21ClN4O3S. The molecule has 0 radical (unpaired) electrons. The van der Waals surface area contributed by atoms with E-state index < -0.39 is 10.0 Å². The summed E-state index contributed by atoms with van der Waals surface area (Å²) in [5, 5.41) is 2.66. The highest BCUT2D eigenvalue weighted by atomic mass is 35.5. The van der Waals surface area contributed by atoms with Gasteiger partial charge in [0, 0.05) is 12.1 Å². The Kier molecular flexibility index (Phi) is 7.35. The van der Waals surface area contributed by atoms with Gasteiger partial charge in [-0.05, 0) is 42.3 Å². The maximum Gasteiger partial charge on any atom is 0.255 e. The fourth-order valence-corrected chi connectivity index (χ4v) is 3.04. The smallest absolute Gasteiger partial charge is 0.255 e. The summed E-state index contributed by atoms with van der Waals surface area (Å²) in [5.74, 6) is 0.204. The summed E-state index contributed by atoms with van der Waals surface area (Å²) in [4.78, 5) is 16.1. The normalized spacial score (nSPS) is 11.0. The third-order valence-electron chi connectivity index (χ3n) is 3.15. The molecule has 1 aromatic carbocycles. The van der Waals surface area contributed by atoms with E-state index in [9.17, 15) is 13.2 Å². The van der Waals surface area contributed by atoms with Crippen molar-refractivity contribution in [1.82, 2.24) is 9.71 Å². The molecule has 7 nitrogen and oxygen atoms in total. The highest BCUT2D eigenvalue weighted by Crippen LogP contribution is 2.13. The van der Waals surface area contributed by atoms with Crippen LogP contribution in [0.5, 0.6) is 0 Å². The van der Waals surface area contributed by atoms with Gasteiger partial charge in [0.2, 0.25) is 10.0 Å². The first-order chi connectivity index (χ1) is 11.3. The Morgan fingerprint density at radius 3 is 2.32 bits per heavy atom. The van der Waals surface area contributed by atoms with Gasteiger partial charge in [0.15, 0.2) is 0 Å². The number of hydrogen-bond acceptors (Lipinski definition) is 5. The van der Waals surface area contributed by atoms with Gasteiger partial charge in [-0.3, -0.25) is 4.79 Å². The second-order valence-corrected chi connectivity index (χ2v) is 7.46. The average Bonchev–Trinajstić information content (AvgIpc) is 2.55. The van der Waals surface area contributed by atoms with Crippen molar-refractivity contribution in [2.45, 2.75) is 18.7 Å². The van der Waals surface area contributed by atoms with Gasteiger partial charge < -0.3 is 11.1 Å². The maximum absolute atomic E-state index is 12.1. The number of aromatic nitrogens is 1. The number of nitrogens with one attached hydrogen (secondary N) is 2. The molecule has 0 aliphatic heterocycles. The number of anilines is 2. The second kappa shape index (κ2) is 8.80. The van der Waals surface area contributed by atoms with E-state index in [1.807, 2.05) is 13.8 Å². The number of amides is 1. The number of benzene rings is 1.